The highest BCUT2D eigenvalue weighted by Crippen LogP contribution is 2.13. The smallest absolute Gasteiger partial charge is 0.0590 e. The Morgan fingerprint density at radius 2 is 1.72 bits per heavy atom. The average molecular weight is 243 g/mol. The van der Waals surface area contributed by atoms with Crippen molar-refractivity contribution in [1.82, 2.24) is 0 Å². The topological polar surface area (TPSA) is 12.4 Å². The third-order valence-corrected chi connectivity index (χ3v) is 2.53. The molecule has 0 bridgehead atoms. The van der Waals surface area contributed by atoms with Gasteiger partial charge in [-0.05, 0) is 51.3 Å². The quantitative estimate of drug-likeness (QED) is 0.438. The first-order valence-electron chi connectivity index (χ1n) is 6.45. The first-order chi connectivity index (χ1) is 8.58. The normalized spacial score (nSPS) is 14.8. The minimum absolute atomic E-state index is 0.828. The fourth-order valence-corrected chi connectivity index (χ4v) is 1.44. The zero-order valence-corrected chi connectivity index (χ0v) is 12.3. The third-order valence-electron chi connectivity index (χ3n) is 2.53. The molecule has 0 N–H and O–H groups in total. The van der Waals surface area contributed by atoms with E-state index in [-0.39, 0.29) is 0 Å². The van der Waals surface area contributed by atoms with Gasteiger partial charge >= 0.3 is 0 Å². The predicted octanol–water partition coefficient (Wildman–Crippen LogP) is 5.40. The van der Waals surface area contributed by atoms with Crippen molar-refractivity contribution in [2.45, 2.75) is 41.0 Å². The molecule has 0 heterocycles. The Hall–Kier alpha value is -1.63. The molecule has 0 aromatic heterocycles. The van der Waals surface area contributed by atoms with Crippen LogP contribution in [0.3, 0.4) is 0 Å². The van der Waals surface area contributed by atoms with Crippen LogP contribution in [0.5, 0.6) is 0 Å². The van der Waals surface area contributed by atoms with Crippen LogP contribution in [0.2, 0.25) is 0 Å². The molecule has 0 unspecified atom stereocenters. The molecule has 0 rings (SSSR count). The van der Waals surface area contributed by atoms with E-state index in [2.05, 4.69) is 36.7 Å². The highest BCUT2D eigenvalue weighted by Gasteiger charge is 1.97. The summed E-state index contributed by atoms with van der Waals surface area (Å²) >= 11 is 0. The molecular weight excluding hydrogens is 218 g/mol. The van der Waals surface area contributed by atoms with Crippen molar-refractivity contribution in [2.75, 3.05) is 0 Å². The highest BCUT2D eigenvalue weighted by molar-refractivity contribution is 5.95. The number of allylic oxidation sites excluding steroid dienone is 8. The van der Waals surface area contributed by atoms with Crippen LogP contribution in [-0.2, 0) is 0 Å². The summed E-state index contributed by atoms with van der Waals surface area (Å²) in [6.45, 7) is 14.2. The van der Waals surface area contributed by atoms with Crippen LogP contribution >= 0.6 is 0 Å². The van der Waals surface area contributed by atoms with Crippen LogP contribution in [0.4, 0.5) is 0 Å². The minimum Gasteiger partial charge on any atom is -0.254 e. The summed E-state index contributed by atoms with van der Waals surface area (Å²) in [5.74, 6) is 0. The van der Waals surface area contributed by atoms with E-state index >= 15 is 0 Å². The molecule has 0 saturated carbocycles. The van der Waals surface area contributed by atoms with Crippen molar-refractivity contribution in [2.24, 2.45) is 4.99 Å². The van der Waals surface area contributed by atoms with Crippen LogP contribution in [-0.4, -0.2) is 5.71 Å². The molecule has 0 aliphatic rings. The van der Waals surface area contributed by atoms with E-state index in [1.807, 2.05) is 45.9 Å². The molecule has 0 aliphatic carbocycles. The van der Waals surface area contributed by atoms with Gasteiger partial charge in [0.2, 0.25) is 0 Å². The fourth-order valence-electron chi connectivity index (χ4n) is 1.44. The maximum atomic E-state index is 4.55. The number of aliphatic imine (C=N–C) groups is 1. The largest absolute Gasteiger partial charge is 0.254 e. The van der Waals surface area contributed by atoms with Gasteiger partial charge in [-0.3, -0.25) is 4.99 Å². The van der Waals surface area contributed by atoms with Crippen LogP contribution in [0.15, 0.2) is 64.9 Å². The van der Waals surface area contributed by atoms with Crippen LogP contribution in [0.25, 0.3) is 0 Å². The molecule has 0 atom stereocenters. The van der Waals surface area contributed by atoms with Gasteiger partial charge in [0, 0.05) is 5.71 Å². The van der Waals surface area contributed by atoms with Gasteiger partial charge < -0.3 is 0 Å². The molecule has 98 valence electrons. The Kier molecular flexibility index (Phi) is 8.55. The molecule has 0 amide bonds. The van der Waals surface area contributed by atoms with Gasteiger partial charge in [-0.1, -0.05) is 43.9 Å². The Balaban J connectivity index is 5.05. The van der Waals surface area contributed by atoms with Crippen molar-refractivity contribution in [3.63, 3.8) is 0 Å². The van der Waals surface area contributed by atoms with E-state index in [1.165, 1.54) is 5.57 Å². The minimum atomic E-state index is 0.828. The summed E-state index contributed by atoms with van der Waals surface area (Å²) < 4.78 is 0. The van der Waals surface area contributed by atoms with Crippen molar-refractivity contribution in [3.8, 4) is 0 Å². The molecule has 0 spiro atoms. The lowest BCUT2D eigenvalue weighted by atomic mass is 10.1. The van der Waals surface area contributed by atoms with E-state index in [4.69, 9.17) is 0 Å². The number of hydrogen-bond donors (Lipinski definition) is 0. The van der Waals surface area contributed by atoms with Crippen molar-refractivity contribution in [1.29, 1.82) is 0 Å². The van der Waals surface area contributed by atoms with Gasteiger partial charge in [-0.25, -0.2) is 0 Å². The maximum Gasteiger partial charge on any atom is 0.0590 e. The van der Waals surface area contributed by atoms with E-state index in [1.54, 1.807) is 0 Å². The van der Waals surface area contributed by atoms with Gasteiger partial charge in [0.05, 0.1) is 5.70 Å². The lowest BCUT2D eigenvalue weighted by Gasteiger charge is -2.03. The average Bonchev–Trinajstić information content (AvgIpc) is 2.37. The lowest BCUT2D eigenvalue weighted by molar-refractivity contribution is 1.22. The SMILES string of the molecule is C=C(N=C(/C=C\C)CC)/C(C)=C/C(C=CC)=CC. The molecule has 0 aliphatic heterocycles. The van der Waals surface area contributed by atoms with E-state index in [0.29, 0.717) is 0 Å². The van der Waals surface area contributed by atoms with Gasteiger partial charge in [0.25, 0.3) is 0 Å². The first-order valence-corrected chi connectivity index (χ1v) is 6.45. The first kappa shape index (κ1) is 16.4. The van der Waals surface area contributed by atoms with Gasteiger partial charge in [0.1, 0.15) is 0 Å². The summed E-state index contributed by atoms with van der Waals surface area (Å²) in [6, 6.07) is 0. The van der Waals surface area contributed by atoms with Crippen molar-refractivity contribution >= 4 is 5.71 Å². The Morgan fingerprint density at radius 3 is 2.17 bits per heavy atom. The Labute approximate surface area is 112 Å². The second kappa shape index (κ2) is 9.41. The highest BCUT2D eigenvalue weighted by atomic mass is 14.7. The van der Waals surface area contributed by atoms with Gasteiger partial charge in [-0.2, -0.15) is 0 Å². The van der Waals surface area contributed by atoms with E-state index < -0.39 is 0 Å². The van der Waals surface area contributed by atoms with Gasteiger partial charge in [-0.15, -0.1) is 0 Å². The summed E-state index contributed by atoms with van der Waals surface area (Å²) in [5.41, 5.74) is 4.16. The second-order valence-electron chi connectivity index (χ2n) is 4.02. The molecule has 0 radical (unpaired) electrons. The molecule has 18 heavy (non-hydrogen) atoms. The molecule has 0 saturated heterocycles. The number of hydrogen-bond acceptors (Lipinski definition) is 1. The number of nitrogens with zero attached hydrogens (tertiary/aromatic N) is 1. The monoisotopic (exact) mass is 243 g/mol. The molecule has 1 nitrogen and oxygen atoms in total. The summed E-state index contributed by atoms with van der Waals surface area (Å²) in [4.78, 5) is 4.55. The van der Waals surface area contributed by atoms with Gasteiger partial charge in [0.15, 0.2) is 0 Å². The molecule has 0 aromatic carbocycles. The van der Waals surface area contributed by atoms with Crippen LogP contribution in [0, 0.1) is 0 Å². The summed E-state index contributed by atoms with van der Waals surface area (Å²) in [7, 11) is 0. The number of rotatable bonds is 6. The van der Waals surface area contributed by atoms with Crippen LogP contribution < -0.4 is 0 Å². The predicted molar refractivity (Wildman–Crippen MR) is 84.0 cm³/mol. The Morgan fingerprint density at radius 1 is 1.11 bits per heavy atom. The summed E-state index contributed by atoms with van der Waals surface area (Å²) in [6.07, 6.45) is 13.2. The third kappa shape index (κ3) is 6.19. The van der Waals surface area contributed by atoms with E-state index in [0.717, 1.165) is 23.4 Å². The zero-order chi connectivity index (χ0) is 14.0. The molecule has 0 aromatic rings. The maximum absolute atomic E-state index is 4.55. The molecule has 0 fully saturated rings. The lowest BCUT2D eigenvalue weighted by Crippen LogP contribution is -1.92. The Bertz CT molecular complexity index is 415. The van der Waals surface area contributed by atoms with Crippen LogP contribution in [0.1, 0.15) is 41.0 Å². The van der Waals surface area contributed by atoms with Crippen molar-refractivity contribution in [3.05, 3.63) is 59.9 Å². The molecule has 1 heteroatoms. The second-order valence-corrected chi connectivity index (χ2v) is 4.02. The summed E-state index contributed by atoms with van der Waals surface area (Å²) in [5, 5.41) is 0. The van der Waals surface area contributed by atoms with Crippen molar-refractivity contribution < 1.29 is 0 Å². The zero-order valence-electron chi connectivity index (χ0n) is 12.3. The van der Waals surface area contributed by atoms with E-state index in [9.17, 15) is 0 Å². The molecular formula is C17H25N. The fraction of sp³-hybridized carbons (Fsp3) is 0.353. The standard InChI is InChI=1S/C17H25N/c1-7-11-16(9-3)13-14(5)15(6)18-17(10-4)12-8-2/h7-9,11-13H,6,10H2,1-5H3/b11-7?,12-8-,14-13+,16-9?,18-17?.